The molecule has 0 aromatic carbocycles. The number of allylic oxidation sites excluding steroid dienone is 1. The van der Waals surface area contributed by atoms with E-state index in [9.17, 15) is 0 Å². The maximum absolute atomic E-state index is 6.45. The molecule has 6 heteroatoms. The Hall–Kier alpha value is -0.406. The fourth-order valence-corrected chi connectivity index (χ4v) is 5.73. The van der Waals surface area contributed by atoms with Gasteiger partial charge in [-0.05, 0) is 94.6 Å². The Balaban J connectivity index is 2.82. The number of nitrogens with zero attached hydrogens (tertiary/aromatic N) is 1. The highest BCUT2D eigenvalue weighted by Gasteiger charge is 2.39. The summed E-state index contributed by atoms with van der Waals surface area (Å²) in [5.74, 6) is 1.06. The largest absolute Gasteiger partial charge is 0.494 e. The molecule has 1 rings (SSSR count). The first-order valence-corrected chi connectivity index (χ1v) is 18.7. The number of likely N-dealkylation sites (N-methyl/N-ethyl adjacent to an activating group) is 1. The Morgan fingerprint density at radius 3 is 1.73 bits per heavy atom. The second kappa shape index (κ2) is 11.6. The molecule has 0 N–H and O–H groups in total. The smallest absolute Gasteiger partial charge is 0.191 e. The average molecular weight is 498 g/mol. The maximum Gasteiger partial charge on any atom is 0.191 e. The van der Waals surface area contributed by atoms with Crippen LogP contribution in [0.2, 0.25) is 36.3 Å². The molecule has 0 heterocycles. The zero-order valence-corrected chi connectivity index (χ0v) is 26.3. The van der Waals surface area contributed by atoms with Gasteiger partial charge in [0.2, 0.25) is 0 Å². The van der Waals surface area contributed by atoms with Crippen LogP contribution in [0.25, 0.3) is 0 Å². The minimum Gasteiger partial charge on any atom is -0.494 e. The third kappa shape index (κ3) is 8.34. The van der Waals surface area contributed by atoms with Crippen LogP contribution in [-0.4, -0.2) is 61.0 Å². The van der Waals surface area contributed by atoms with E-state index in [1.807, 2.05) is 0 Å². The molecule has 1 aliphatic carbocycles. The molecule has 0 aromatic rings. The van der Waals surface area contributed by atoms with E-state index in [1.54, 1.807) is 0 Å². The van der Waals surface area contributed by atoms with Gasteiger partial charge in [-0.25, -0.2) is 0 Å². The number of ether oxygens (including phenoxy) is 1. The summed E-state index contributed by atoms with van der Waals surface area (Å²) in [6.07, 6.45) is 8.88. The van der Waals surface area contributed by atoms with Crippen LogP contribution < -0.4 is 0 Å². The summed E-state index contributed by atoms with van der Waals surface area (Å²) >= 11 is 0. The lowest BCUT2D eigenvalue weighted by Crippen LogP contribution is -2.42. The molecule has 1 unspecified atom stereocenters. The molecule has 0 aliphatic heterocycles. The first-order chi connectivity index (χ1) is 14.9. The van der Waals surface area contributed by atoms with Crippen LogP contribution in [0.1, 0.15) is 74.1 Å². The molecule has 0 saturated carbocycles. The van der Waals surface area contributed by atoms with Crippen molar-refractivity contribution in [1.82, 2.24) is 4.90 Å². The topological polar surface area (TPSA) is 30.9 Å². The second-order valence-corrected chi connectivity index (χ2v) is 22.5. The lowest BCUT2D eigenvalue weighted by Gasteiger charge is -2.37. The normalized spacial score (nSPS) is 20.3. The predicted molar refractivity (Wildman–Crippen MR) is 149 cm³/mol. The van der Waals surface area contributed by atoms with E-state index in [0.717, 1.165) is 44.7 Å². The standard InChI is InChI=1S/C27H55NO3Si2/c1-14-29-24-22-27(28(8)9,18-16-20-31-33(12,13)26(5,6)7)21-23(24)17-15-19-30-32(10,11)25(2,3)4/h21-22H,14-20H2,1-13H3. The molecule has 33 heavy (non-hydrogen) atoms. The van der Waals surface area contributed by atoms with Crippen molar-refractivity contribution < 1.29 is 13.6 Å². The summed E-state index contributed by atoms with van der Waals surface area (Å²) in [5, 5.41) is 0.504. The highest BCUT2D eigenvalue weighted by molar-refractivity contribution is 6.74. The number of rotatable bonds is 13. The average Bonchev–Trinajstić information content (AvgIpc) is 3.00. The summed E-state index contributed by atoms with van der Waals surface area (Å²) in [6.45, 7) is 27.6. The first kappa shape index (κ1) is 30.6. The molecule has 1 atom stereocenters. The van der Waals surface area contributed by atoms with Gasteiger partial charge < -0.3 is 13.6 Å². The van der Waals surface area contributed by atoms with Crippen molar-refractivity contribution in [2.24, 2.45) is 0 Å². The molecule has 194 valence electrons. The Bertz CT molecular complexity index is 684. The van der Waals surface area contributed by atoms with Crippen molar-refractivity contribution in [3.8, 4) is 0 Å². The molecular formula is C27H55NO3Si2. The van der Waals surface area contributed by atoms with E-state index in [-0.39, 0.29) is 15.6 Å². The zero-order valence-electron chi connectivity index (χ0n) is 24.3. The van der Waals surface area contributed by atoms with Gasteiger partial charge in [-0.3, -0.25) is 4.90 Å². The number of hydrogen-bond acceptors (Lipinski definition) is 4. The van der Waals surface area contributed by atoms with Gasteiger partial charge in [-0.1, -0.05) is 47.6 Å². The van der Waals surface area contributed by atoms with Gasteiger partial charge in [-0.15, -0.1) is 0 Å². The van der Waals surface area contributed by atoms with Crippen LogP contribution in [0.3, 0.4) is 0 Å². The lowest BCUT2D eigenvalue weighted by atomic mass is 9.93. The zero-order chi connectivity index (χ0) is 25.7. The summed E-state index contributed by atoms with van der Waals surface area (Å²) < 4.78 is 19.0. The van der Waals surface area contributed by atoms with Crippen molar-refractivity contribution in [3.05, 3.63) is 23.5 Å². The fraction of sp³-hybridized carbons (Fsp3) is 0.852. The molecule has 0 radical (unpaired) electrons. The molecule has 4 nitrogen and oxygen atoms in total. The third-order valence-corrected chi connectivity index (χ3v) is 17.2. The molecule has 0 amide bonds. The molecular weight excluding hydrogens is 442 g/mol. The van der Waals surface area contributed by atoms with E-state index in [1.165, 1.54) is 5.57 Å². The molecule has 0 aromatic heterocycles. The Labute approximate surface area is 208 Å². The van der Waals surface area contributed by atoms with Crippen LogP contribution in [0, 0.1) is 0 Å². The first-order valence-electron chi connectivity index (χ1n) is 12.9. The van der Waals surface area contributed by atoms with Crippen LogP contribution in [0.4, 0.5) is 0 Å². The number of hydrogen-bond donors (Lipinski definition) is 0. The monoisotopic (exact) mass is 497 g/mol. The second-order valence-electron chi connectivity index (χ2n) is 12.9. The van der Waals surface area contributed by atoms with Crippen molar-refractivity contribution in [2.45, 2.75) is 116 Å². The quantitative estimate of drug-likeness (QED) is 0.192. The fourth-order valence-electron chi connectivity index (χ4n) is 3.55. The predicted octanol–water partition coefficient (Wildman–Crippen LogP) is 7.75. The van der Waals surface area contributed by atoms with Gasteiger partial charge in [0, 0.05) is 13.2 Å². The summed E-state index contributed by atoms with van der Waals surface area (Å²) in [4.78, 5) is 2.33. The molecule has 1 aliphatic rings. The van der Waals surface area contributed by atoms with E-state index in [4.69, 9.17) is 13.6 Å². The van der Waals surface area contributed by atoms with E-state index >= 15 is 0 Å². The Morgan fingerprint density at radius 2 is 1.30 bits per heavy atom. The highest BCUT2D eigenvalue weighted by Crippen LogP contribution is 2.40. The Morgan fingerprint density at radius 1 is 0.818 bits per heavy atom. The van der Waals surface area contributed by atoms with E-state index < -0.39 is 16.6 Å². The summed E-state index contributed by atoms with van der Waals surface area (Å²) in [5.41, 5.74) is 1.23. The molecule has 0 spiro atoms. The molecule has 0 bridgehead atoms. The van der Waals surface area contributed by atoms with Crippen molar-refractivity contribution >= 4 is 16.6 Å². The lowest BCUT2D eigenvalue weighted by molar-refractivity contribution is 0.206. The minimum absolute atomic E-state index is 0.100. The van der Waals surface area contributed by atoms with Gasteiger partial charge in [0.25, 0.3) is 0 Å². The van der Waals surface area contributed by atoms with Gasteiger partial charge in [0.15, 0.2) is 16.6 Å². The maximum atomic E-state index is 6.45. The van der Waals surface area contributed by atoms with Gasteiger partial charge in [0.1, 0.15) is 5.76 Å². The van der Waals surface area contributed by atoms with Crippen LogP contribution in [-0.2, 0) is 13.6 Å². The van der Waals surface area contributed by atoms with Crippen molar-refractivity contribution in [1.29, 1.82) is 0 Å². The third-order valence-electron chi connectivity index (χ3n) is 8.10. The van der Waals surface area contributed by atoms with Gasteiger partial charge in [0.05, 0.1) is 12.1 Å². The highest BCUT2D eigenvalue weighted by atomic mass is 28.4. The van der Waals surface area contributed by atoms with E-state index in [2.05, 4.69) is 106 Å². The Kier molecular flexibility index (Phi) is 10.7. The SMILES string of the molecule is CCOC1=CC(CCCO[Si](C)(C)C(C)(C)C)(N(C)C)C=C1CCCO[Si](C)(C)C(C)(C)C. The minimum atomic E-state index is -1.70. The summed E-state index contributed by atoms with van der Waals surface area (Å²) in [6, 6.07) is 0. The molecule has 0 fully saturated rings. The van der Waals surface area contributed by atoms with E-state index in [0.29, 0.717) is 6.61 Å². The van der Waals surface area contributed by atoms with Crippen molar-refractivity contribution in [3.63, 3.8) is 0 Å². The van der Waals surface area contributed by atoms with Crippen LogP contribution in [0.5, 0.6) is 0 Å². The van der Waals surface area contributed by atoms with Crippen LogP contribution >= 0.6 is 0 Å². The van der Waals surface area contributed by atoms with Crippen molar-refractivity contribution in [2.75, 3.05) is 33.9 Å². The van der Waals surface area contributed by atoms with Gasteiger partial charge >= 0.3 is 0 Å². The summed E-state index contributed by atoms with van der Waals surface area (Å²) in [7, 11) is 0.952. The molecule has 0 saturated heterocycles. The van der Waals surface area contributed by atoms with Crippen LogP contribution in [0.15, 0.2) is 23.5 Å². The van der Waals surface area contributed by atoms with Gasteiger partial charge in [-0.2, -0.15) is 0 Å².